The second kappa shape index (κ2) is 13.6. The van der Waals surface area contributed by atoms with Crippen LogP contribution in [0.25, 0.3) is 0 Å². The molecule has 2 aromatic carbocycles. The van der Waals surface area contributed by atoms with Crippen molar-refractivity contribution in [3.8, 4) is 0 Å². The minimum Gasteiger partial charge on any atom is -0.396 e. The van der Waals surface area contributed by atoms with Crippen LogP contribution in [0.5, 0.6) is 0 Å². The summed E-state index contributed by atoms with van der Waals surface area (Å²) in [5.41, 5.74) is 0.518. The number of nitrogens with zero attached hydrogens (tertiary/aromatic N) is 4. The summed E-state index contributed by atoms with van der Waals surface area (Å²) < 4.78 is 7.01. The molecule has 47 heavy (non-hydrogen) atoms. The third kappa shape index (κ3) is 5.89. The highest BCUT2D eigenvalue weighted by molar-refractivity contribution is 6.06. The van der Waals surface area contributed by atoms with Gasteiger partial charge in [0, 0.05) is 57.3 Å². The molecular weight excluding hydrogens is 592 g/mol. The van der Waals surface area contributed by atoms with Crippen LogP contribution in [-0.2, 0) is 25.7 Å². The second-order valence-corrected chi connectivity index (χ2v) is 13.3. The highest BCUT2D eigenvalue weighted by atomic mass is 16.5. The van der Waals surface area contributed by atoms with E-state index in [9.17, 15) is 19.5 Å². The molecule has 3 amide bonds. The Kier molecular flexibility index (Phi) is 9.58. The van der Waals surface area contributed by atoms with Crippen LogP contribution in [0, 0.1) is 11.8 Å². The van der Waals surface area contributed by atoms with Crippen LogP contribution in [0.1, 0.15) is 52.0 Å². The van der Waals surface area contributed by atoms with Gasteiger partial charge in [-0.2, -0.15) is 0 Å². The van der Waals surface area contributed by atoms with E-state index in [2.05, 4.69) is 18.7 Å². The summed E-state index contributed by atoms with van der Waals surface area (Å²) in [6.07, 6.45) is 10.8. The molecule has 4 aliphatic rings. The molecule has 9 heteroatoms. The van der Waals surface area contributed by atoms with Crippen molar-refractivity contribution in [1.82, 2.24) is 9.80 Å². The molecule has 2 saturated heterocycles. The molecule has 4 heterocycles. The van der Waals surface area contributed by atoms with E-state index in [1.165, 1.54) is 0 Å². The molecule has 1 N–H and O–H groups in total. The minimum atomic E-state index is -1.29. The van der Waals surface area contributed by atoms with E-state index in [0.717, 1.165) is 42.9 Å². The molecule has 2 aromatic rings. The van der Waals surface area contributed by atoms with Gasteiger partial charge in [-0.1, -0.05) is 67.5 Å². The molecule has 0 aliphatic carbocycles. The molecule has 6 rings (SSSR count). The van der Waals surface area contributed by atoms with Crippen LogP contribution < -0.4 is 9.80 Å². The number of rotatable bonds is 12. The Morgan fingerprint density at radius 2 is 1.53 bits per heavy atom. The Hall–Kier alpha value is -3.95. The Bertz CT molecular complexity index is 1510. The van der Waals surface area contributed by atoms with E-state index in [-0.39, 0.29) is 24.3 Å². The number of amides is 3. The maximum atomic E-state index is 14.8. The van der Waals surface area contributed by atoms with Crippen LogP contribution in [0.3, 0.4) is 0 Å². The molecule has 0 radical (unpaired) electrons. The number of aliphatic hydroxyl groups excluding tert-OH is 1. The van der Waals surface area contributed by atoms with Crippen LogP contribution in [0.2, 0.25) is 0 Å². The van der Waals surface area contributed by atoms with Gasteiger partial charge in [-0.3, -0.25) is 14.4 Å². The van der Waals surface area contributed by atoms with Gasteiger partial charge in [-0.15, -0.1) is 0 Å². The summed E-state index contributed by atoms with van der Waals surface area (Å²) in [6, 6.07) is 17.0. The summed E-state index contributed by atoms with van der Waals surface area (Å²) in [4.78, 5) is 51.5. The van der Waals surface area contributed by atoms with Crippen molar-refractivity contribution in [1.29, 1.82) is 0 Å². The molecular formula is C38H48N4O5. The van der Waals surface area contributed by atoms with Gasteiger partial charge >= 0.3 is 0 Å². The molecule has 5 atom stereocenters. The SMILES string of the molecule is CCN(CC)c1ccc(N2CC=C[C@]34O[C@]5(C)C=CCN(Cc6ccccc6)C(=O)[C@@H]5[C@H]3C(=O)N(CCCCCCO)C4C2=O)cc1. The average molecular weight is 641 g/mol. The van der Waals surface area contributed by atoms with Crippen molar-refractivity contribution in [2.24, 2.45) is 11.8 Å². The Morgan fingerprint density at radius 3 is 2.23 bits per heavy atom. The van der Waals surface area contributed by atoms with Crippen molar-refractivity contribution in [3.63, 3.8) is 0 Å². The Morgan fingerprint density at radius 1 is 0.830 bits per heavy atom. The van der Waals surface area contributed by atoms with Crippen LogP contribution in [-0.4, -0.2) is 89.2 Å². The number of fused-ring (bicyclic) bond motifs is 2. The van der Waals surface area contributed by atoms with Crippen molar-refractivity contribution in [2.45, 2.75) is 70.2 Å². The highest BCUT2D eigenvalue weighted by Crippen LogP contribution is 2.57. The smallest absolute Gasteiger partial charge is 0.253 e. The predicted octanol–water partition coefficient (Wildman–Crippen LogP) is 4.56. The number of anilines is 2. The number of aliphatic hydroxyl groups is 1. The summed E-state index contributed by atoms with van der Waals surface area (Å²) in [7, 11) is 0. The average Bonchev–Trinajstić information content (AvgIpc) is 3.34. The molecule has 0 saturated carbocycles. The number of likely N-dealkylation sites (tertiary alicyclic amines) is 1. The van der Waals surface area contributed by atoms with Crippen LogP contribution in [0.15, 0.2) is 78.9 Å². The minimum absolute atomic E-state index is 0.130. The van der Waals surface area contributed by atoms with Gasteiger partial charge in [0.1, 0.15) is 11.6 Å². The van der Waals surface area contributed by atoms with Crippen molar-refractivity contribution < 1.29 is 24.2 Å². The maximum Gasteiger partial charge on any atom is 0.253 e. The number of hydrogen-bond donors (Lipinski definition) is 1. The van der Waals surface area contributed by atoms with Gasteiger partial charge in [0.05, 0.1) is 17.4 Å². The van der Waals surface area contributed by atoms with Crippen molar-refractivity contribution >= 4 is 29.1 Å². The Balaban J connectivity index is 1.36. The fourth-order valence-corrected chi connectivity index (χ4v) is 8.17. The summed E-state index contributed by atoms with van der Waals surface area (Å²) in [5.74, 6) is -2.15. The van der Waals surface area contributed by atoms with E-state index in [4.69, 9.17) is 4.74 Å². The molecule has 9 nitrogen and oxygen atoms in total. The normalized spacial score (nSPS) is 28.3. The first-order chi connectivity index (χ1) is 22.8. The Labute approximate surface area is 278 Å². The van der Waals surface area contributed by atoms with Crippen molar-refractivity contribution in [3.05, 3.63) is 84.5 Å². The molecule has 250 valence electrons. The van der Waals surface area contributed by atoms with E-state index in [1.807, 2.05) is 85.8 Å². The number of hydrogen-bond acceptors (Lipinski definition) is 6. The fraction of sp³-hybridized carbons (Fsp3) is 0.500. The zero-order chi connectivity index (χ0) is 33.2. The molecule has 1 unspecified atom stereocenters. The number of carbonyl (C=O) groups excluding carboxylic acids is 3. The summed E-state index contributed by atoms with van der Waals surface area (Å²) in [6.45, 7) is 9.59. The molecule has 2 fully saturated rings. The number of ether oxygens (including phenoxy) is 1. The predicted molar refractivity (Wildman–Crippen MR) is 183 cm³/mol. The zero-order valence-corrected chi connectivity index (χ0v) is 27.9. The lowest BCUT2D eigenvalue weighted by Gasteiger charge is -2.37. The highest BCUT2D eigenvalue weighted by Gasteiger charge is 2.74. The van der Waals surface area contributed by atoms with Crippen LogP contribution >= 0.6 is 0 Å². The fourth-order valence-electron chi connectivity index (χ4n) is 8.17. The third-order valence-corrected chi connectivity index (χ3v) is 10.5. The lowest BCUT2D eigenvalue weighted by molar-refractivity contribution is -0.148. The standard InChI is InChI=1S/C38H48N4O5/c1-4-39(5-2)29-17-19-30(20-18-29)41-25-14-22-38-32(35(45)42(33(38)36(41)46)24-11-6-7-12-26-43)31-34(44)40(23-13-21-37(31,3)47-38)27-28-15-9-8-10-16-28/h8-10,13-22,31-33,43H,4-7,11-12,23-27H2,1-3H3/t31-,32-,33?,37+,38-/m0/s1. The van der Waals surface area contributed by atoms with Gasteiger partial charge in [0.25, 0.3) is 5.91 Å². The summed E-state index contributed by atoms with van der Waals surface area (Å²) in [5, 5.41) is 9.27. The zero-order valence-electron chi connectivity index (χ0n) is 27.9. The van der Waals surface area contributed by atoms with Gasteiger partial charge < -0.3 is 29.4 Å². The molecule has 0 bridgehead atoms. The lowest BCUT2D eigenvalue weighted by atomic mass is 9.74. The second-order valence-electron chi connectivity index (χ2n) is 13.3. The van der Waals surface area contributed by atoms with Crippen LogP contribution in [0.4, 0.5) is 11.4 Å². The molecule has 4 aliphatic heterocycles. The quantitative estimate of drug-likeness (QED) is 0.270. The number of carbonyl (C=O) groups is 3. The molecule has 1 spiro atoms. The van der Waals surface area contributed by atoms with Gasteiger partial charge in [0.2, 0.25) is 11.8 Å². The molecule has 0 aromatic heterocycles. The van der Waals surface area contributed by atoms with Gasteiger partial charge in [-0.25, -0.2) is 0 Å². The topological polar surface area (TPSA) is 93.6 Å². The van der Waals surface area contributed by atoms with E-state index in [0.29, 0.717) is 39.0 Å². The summed E-state index contributed by atoms with van der Waals surface area (Å²) >= 11 is 0. The first kappa shape index (κ1) is 33.0. The first-order valence-corrected chi connectivity index (χ1v) is 17.2. The first-order valence-electron chi connectivity index (χ1n) is 17.2. The van der Waals surface area contributed by atoms with E-state index < -0.39 is 29.1 Å². The largest absolute Gasteiger partial charge is 0.396 e. The van der Waals surface area contributed by atoms with Gasteiger partial charge in [-0.05, 0) is 63.4 Å². The monoisotopic (exact) mass is 640 g/mol. The number of benzene rings is 2. The van der Waals surface area contributed by atoms with Gasteiger partial charge in [0.15, 0.2) is 0 Å². The van der Waals surface area contributed by atoms with Crippen molar-refractivity contribution in [2.75, 3.05) is 49.1 Å². The maximum absolute atomic E-state index is 14.8. The lowest BCUT2D eigenvalue weighted by Crippen LogP contribution is -2.56. The number of unbranched alkanes of at least 4 members (excludes halogenated alkanes) is 3. The third-order valence-electron chi connectivity index (χ3n) is 10.5. The van der Waals surface area contributed by atoms with E-state index in [1.54, 1.807) is 14.7 Å². The van der Waals surface area contributed by atoms with E-state index >= 15 is 0 Å².